The van der Waals surface area contributed by atoms with E-state index in [2.05, 4.69) is 13.8 Å². The lowest BCUT2D eigenvalue weighted by atomic mass is 9.89. The van der Waals surface area contributed by atoms with Crippen molar-refractivity contribution >= 4 is 32.7 Å². The van der Waals surface area contributed by atoms with Crippen molar-refractivity contribution < 1.29 is 22.3 Å². The number of unbranched alkanes of at least 4 members (excludes halogenated alkanes) is 3. The molecular weight excluding hydrogens is 390 g/mol. The van der Waals surface area contributed by atoms with Crippen molar-refractivity contribution in [2.75, 3.05) is 5.75 Å². The lowest BCUT2D eigenvalue weighted by molar-refractivity contribution is -0.0155. The van der Waals surface area contributed by atoms with Gasteiger partial charge in [0.05, 0.1) is 16.9 Å². The van der Waals surface area contributed by atoms with Gasteiger partial charge in [-0.1, -0.05) is 58.2 Å². The van der Waals surface area contributed by atoms with Crippen molar-refractivity contribution in [2.24, 2.45) is 5.92 Å². The van der Waals surface area contributed by atoms with Crippen LogP contribution in [0.25, 0.3) is 10.8 Å². The molecule has 0 saturated carbocycles. The Bertz CT molecular complexity index is 1020. The van der Waals surface area contributed by atoms with Crippen molar-refractivity contribution in [3.8, 4) is 0 Å². The van der Waals surface area contributed by atoms with E-state index in [1.165, 1.54) is 0 Å². The third-order valence-electron chi connectivity index (χ3n) is 5.02. The van der Waals surface area contributed by atoms with E-state index in [0.29, 0.717) is 22.8 Å². The van der Waals surface area contributed by atoms with E-state index >= 15 is 0 Å². The Morgan fingerprint density at radius 2 is 1.66 bits per heavy atom. The molecule has 6 nitrogen and oxygen atoms in total. The summed E-state index contributed by atoms with van der Waals surface area (Å²) in [5.41, 5.74) is 1.62. The molecule has 0 aliphatic carbocycles. The van der Waals surface area contributed by atoms with E-state index in [1.54, 1.807) is 18.2 Å². The number of rotatable bonds is 9. The highest BCUT2D eigenvalue weighted by Crippen LogP contribution is 2.33. The highest BCUT2D eigenvalue weighted by molar-refractivity contribution is 7.86. The number of hydrogen-bond acceptors (Lipinski definition) is 5. The molecule has 2 amide bonds. The number of imide groups is 1. The SMILES string of the molecule is CCCCCCS(=O)(=O)ON1C(=O)c2cccc3c(CC(C)C)ccc(c23)C1=O. The maximum absolute atomic E-state index is 12.9. The average Bonchev–Trinajstić information content (AvgIpc) is 2.67. The van der Waals surface area contributed by atoms with Crippen LogP contribution in [0.3, 0.4) is 0 Å². The van der Waals surface area contributed by atoms with Gasteiger partial charge in [0.15, 0.2) is 0 Å². The van der Waals surface area contributed by atoms with Gasteiger partial charge >= 0.3 is 0 Å². The van der Waals surface area contributed by atoms with E-state index in [-0.39, 0.29) is 16.9 Å². The van der Waals surface area contributed by atoms with Crippen molar-refractivity contribution in [3.05, 3.63) is 47.0 Å². The van der Waals surface area contributed by atoms with Crippen molar-refractivity contribution in [1.29, 1.82) is 0 Å². The maximum Gasteiger partial charge on any atom is 0.288 e. The summed E-state index contributed by atoms with van der Waals surface area (Å²) < 4.78 is 29.6. The first-order chi connectivity index (χ1) is 13.7. The van der Waals surface area contributed by atoms with Crippen LogP contribution in [0.15, 0.2) is 30.3 Å². The molecule has 3 rings (SSSR count). The molecule has 1 heterocycles. The summed E-state index contributed by atoms with van der Waals surface area (Å²) in [6, 6.07) is 8.76. The van der Waals surface area contributed by atoms with Gasteiger partial charge in [0.25, 0.3) is 21.9 Å². The first-order valence-electron chi connectivity index (χ1n) is 10.1. The van der Waals surface area contributed by atoms with Crippen molar-refractivity contribution in [1.82, 2.24) is 5.06 Å². The van der Waals surface area contributed by atoms with Crippen LogP contribution in [0.4, 0.5) is 0 Å². The molecule has 0 radical (unpaired) electrons. The molecular formula is C22H27NO5S. The monoisotopic (exact) mass is 417 g/mol. The fraction of sp³-hybridized carbons (Fsp3) is 0.455. The Morgan fingerprint density at radius 3 is 2.31 bits per heavy atom. The summed E-state index contributed by atoms with van der Waals surface area (Å²) >= 11 is 0. The van der Waals surface area contributed by atoms with Gasteiger partial charge < -0.3 is 0 Å². The molecule has 0 saturated heterocycles. The van der Waals surface area contributed by atoms with E-state index < -0.39 is 21.9 Å². The zero-order valence-electron chi connectivity index (χ0n) is 17.1. The highest BCUT2D eigenvalue weighted by Gasteiger charge is 2.37. The average molecular weight is 418 g/mol. The summed E-state index contributed by atoms with van der Waals surface area (Å²) in [7, 11) is -4.04. The van der Waals surface area contributed by atoms with Crippen molar-refractivity contribution in [3.63, 3.8) is 0 Å². The molecule has 1 aliphatic heterocycles. The van der Waals surface area contributed by atoms with Gasteiger partial charge in [-0.05, 0) is 41.8 Å². The topological polar surface area (TPSA) is 80.8 Å². The summed E-state index contributed by atoms with van der Waals surface area (Å²) in [5, 5.41) is 1.81. The van der Waals surface area contributed by atoms with Crippen LogP contribution >= 0.6 is 0 Å². The molecule has 0 fully saturated rings. The molecule has 0 unspecified atom stereocenters. The Morgan fingerprint density at radius 1 is 0.966 bits per heavy atom. The number of hydroxylamine groups is 2. The van der Waals surface area contributed by atoms with Crippen LogP contribution in [0.2, 0.25) is 0 Å². The number of hydrogen-bond donors (Lipinski definition) is 0. The van der Waals surface area contributed by atoms with E-state index in [4.69, 9.17) is 4.28 Å². The van der Waals surface area contributed by atoms with Gasteiger partial charge in [0.1, 0.15) is 0 Å². The van der Waals surface area contributed by atoms with Crippen LogP contribution in [-0.4, -0.2) is 31.0 Å². The number of nitrogens with zero attached hydrogens (tertiary/aromatic N) is 1. The van der Waals surface area contributed by atoms with Crippen molar-refractivity contribution in [2.45, 2.75) is 52.9 Å². The minimum absolute atomic E-state index is 0.228. The number of carbonyl (C=O) groups excluding carboxylic acids is 2. The smallest absolute Gasteiger partial charge is 0.266 e. The minimum atomic E-state index is -4.04. The first kappa shape index (κ1) is 21.5. The quantitative estimate of drug-likeness (QED) is 0.444. The third-order valence-corrected chi connectivity index (χ3v) is 6.19. The lowest BCUT2D eigenvalue weighted by Gasteiger charge is -2.26. The fourth-order valence-corrected chi connectivity index (χ4v) is 4.67. The molecule has 0 spiro atoms. The molecule has 1 aliphatic rings. The number of carbonyl (C=O) groups is 2. The highest BCUT2D eigenvalue weighted by atomic mass is 32.2. The first-order valence-corrected chi connectivity index (χ1v) is 11.7. The Balaban J connectivity index is 1.93. The summed E-state index contributed by atoms with van der Waals surface area (Å²) in [4.78, 5) is 25.8. The second-order valence-electron chi connectivity index (χ2n) is 7.90. The predicted octanol–water partition coefficient (Wildman–Crippen LogP) is 4.48. The van der Waals surface area contributed by atoms with Gasteiger partial charge in [0, 0.05) is 5.39 Å². The molecule has 7 heteroatoms. The van der Waals surface area contributed by atoms with Gasteiger partial charge in [-0.2, -0.15) is 8.42 Å². The summed E-state index contributed by atoms with van der Waals surface area (Å²) in [6.45, 7) is 6.24. The maximum atomic E-state index is 12.9. The Kier molecular flexibility index (Phi) is 6.39. The molecule has 0 bridgehead atoms. The van der Waals surface area contributed by atoms with Crippen LogP contribution in [0.5, 0.6) is 0 Å². The minimum Gasteiger partial charge on any atom is -0.266 e. The van der Waals surface area contributed by atoms with Crippen LogP contribution in [0, 0.1) is 5.92 Å². The van der Waals surface area contributed by atoms with Gasteiger partial charge in [-0.3, -0.25) is 9.59 Å². The third kappa shape index (κ3) is 4.51. The zero-order chi connectivity index (χ0) is 21.2. The van der Waals surface area contributed by atoms with Crippen LogP contribution in [-0.2, 0) is 20.8 Å². The largest absolute Gasteiger partial charge is 0.288 e. The Hall–Kier alpha value is -2.25. The molecule has 0 aromatic heterocycles. The molecule has 2 aromatic rings. The normalized spacial score (nSPS) is 14.3. The van der Waals surface area contributed by atoms with Crippen LogP contribution in [0.1, 0.15) is 72.7 Å². The van der Waals surface area contributed by atoms with E-state index in [0.717, 1.165) is 36.6 Å². The molecule has 2 aromatic carbocycles. The molecule has 0 N–H and O–H groups in total. The zero-order valence-corrected chi connectivity index (χ0v) is 17.9. The second-order valence-corrected chi connectivity index (χ2v) is 9.57. The molecule has 29 heavy (non-hydrogen) atoms. The molecule has 0 atom stereocenters. The predicted molar refractivity (Wildman–Crippen MR) is 112 cm³/mol. The Labute approximate surface area is 171 Å². The van der Waals surface area contributed by atoms with Gasteiger partial charge in [0.2, 0.25) is 0 Å². The van der Waals surface area contributed by atoms with Gasteiger partial charge in [-0.25, -0.2) is 0 Å². The fourth-order valence-electron chi connectivity index (χ4n) is 3.68. The number of benzene rings is 2. The second kappa shape index (κ2) is 8.63. The standard InChI is InChI=1S/C22H27NO5S/c1-4-5-6-7-13-29(26,27)28-23-21(24)18-10-8-9-17-16(14-15(2)3)11-12-19(20(17)18)22(23)25/h8-12,15H,4-7,13-14H2,1-3H3. The molecule has 156 valence electrons. The lowest BCUT2D eigenvalue weighted by Crippen LogP contribution is -2.42. The van der Waals surface area contributed by atoms with Crippen LogP contribution < -0.4 is 0 Å². The summed E-state index contributed by atoms with van der Waals surface area (Å²) in [6.07, 6.45) is 3.89. The van der Waals surface area contributed by atoms with Gasteiger partial charge in [-0.15, -0.1) is 9.35 Å². The number of amides is 2. The summed E-state index contributed by atoms with van der Waals surface area (Å²) in [5.74, 6) is -1.30. The van der Waals surface area contributed by atoms with E-state index in [1.807, 2.05) is 19.1 Å². The van der Waals surface area contributed by atoms with E-state index in [9.17, 15) is 18.0 Å².